The molecule has 0 aromatic rings. The Bertz CT molecular complexity index is 341. The van der Waals surface area contributed by atoms with Crippen LogP contribution in [-0.2, 0) is 9.47 Å². The quantitative estimate of drug-likeness (QED) is 0.867. The van der Waals surface area contributed by atoms with Crippen molar-refractivity contribution in [2.45, 2.75) is 69.6 Å². The van der Waals surface area contributed by atoms with Crippen LogP contribution in [0.3, 0.4) is 0 Å². The van der Waals surface area contributed by atoms with Gasteiger partial charge in [-0.1, -0.05) is 0 Å². The lowest BCUT2D eigenvalue weighted by Gasteiger charge is -2.49. The Hall–Kier alpha value is -0.160. The zero-order valence-electron chi connectivity index (χ0n) is 13.8. The molecule has 3 fully saturated rings. The molecule has 0 bridgehead atoms. The second kappa shape index (κ2) is 6.15. The maximum absolute atomic E-state index is 6.77. The lowest BCUT2D eigenvalue weighted by molar-refractivity contribution is -0.152. The molecule has 4 heteroatoms. The summed E-state index contributed by atoms with van der Waals surface area (Å²) >= 11 is 0. The van der Waals surface area contributed by atoms with Crippen molar-refractivity contribution in [1.82, 2.24) is 4.90 Å². The van der Waals surface area contributed by atoms with Crippen LogP contribution in [0.15, 0.2) is 0 Å². The van der Waals surface area contributed by atoms with Crippen molar-refractivity contribution >= 4 is 0 Å². The minimum atomic E-state index is 0.0554. The van der Waals surface area contributed by atoms with Gasteiger partial charge in [0, 0.05) is 31.4 Å². The van der Waals surface area contributed by atoms with Gasteiger partial charge < -0.3 is 15.2 Å². The lowest BCUT2D eigenvalue weighted by Crippen LogP contribution is -2.60. The number of nitrogens with zero attached hydrogens (tertiary/aromatic N) is 1. The highest BCUT2D eigenvalue weighted by atomic mass is 16.5. The van der Waals surface area contributed by atoms with E-state index >= 15 is 0 Å². The van der Waals surface area contributed by atoms with Crippen LogP contribution in [0.5, 0.6) is 0 Å². The second-order valence-corrected chi connectivity index (χ2v) is 7.77. The van der Waals surface area contributed by atoms with Crippen LogP contribution < -0.4 is 5.73 Å². The predicted molar refractivity (Wildman–Crippen MR) is 84.3 cm³/mol. The fraction of sp³-hybridized carbons (Fsp3) is 1.00. The molecule has 0 amide bonds. The first-order chi connectivity index (χ1) is 10.0. The zero-order valence-corrected chi connectivity index (χ0v) is 13.8. The third-order valence-electron chi connectivity index (χ3n) is 6.18. The highest BCUT2D eigenvalue weighted by Crippen LogP contribution is 2.40. The van der Waals surface area contributed by atoms with Crippen molar-refractivity contribution in [3.63, 3.8) is 0 Å². The van der Waals surface area contributed by atoms with Crippen LogP contribution in [-0.4, -0.2) is 55.0 Å². The smallest absolute Gasteiger partial charge is 0.0729 e. The van der Waals surface area contributed by atoms with E-state index in [2.05, 4.69) is 18.7 Å². The molecule has 0 aliphatic carbocycles. The fourth-order valence-electron chi connectivity index (χ4n) is 4.55. The van der Waals surface area contributed by atoms with Gasteiger partial charge in [0.15, 0.2) is 0 Å². The van der Waals surface area contributed by atoms with Gasteiger partial charge in [0.05, 0.1) is 5.60 Å². The van der Waals surface area contributed by atoms with Crippen molar-refractivity contribution < 1.29 is 9.47 Å². The van der Waals surface area contributed by atoms with E-state index in [1.54, 1.807) is 0 Å². The van der Waals surface area contributed by atoms with Gasteiger partial charge in [-0.15, -0.1) is 0 Å². The average Bonchev–Trinajstić information content (AvgIpc) is 3.02. The zero-order chi connectivity index (χ0) is 14.9. The standard InChI is InChI=1S/C17H32N2O2/c1-16(2,19-8-3-4-9-19)15(18)14-5-10-21-17(13-14)6-11-20-12-7-17/h14-15H,3-13,18H2,1-2H3. The molecule has 3 rings (SSSR count). The highest BCUT2D eigenvalue weighted by molar-refractivity contribution is 5.00. The van der Waals surface area contributed by atoms with E-state index in [4.69, 9.17) is 15.2 Å². The van der Waals surface area contributed by atoms with E-state index in [9.17, 15) is 0 Å². The summed E-state index contributed by atoms with van der Waals surface area (Å²) in [5, 5.41) is 0. The molecule has 3 heterocycles. The molecule has 0 aromatic carbocycles. The molecule has 4 nitrogen and oxygen atoms in total. The number of rotatable bonds is 3. The third kappa shape index (κ3) is 3.14. The largest absolute Gasteiger partial charge is 0.381 e. The molecule has 0 saturated carbocycles. The maximum atomic E-state index is 6.77. The minimum absolute atomic E-state index is 0.0554. The molecule has 3 aliphatic heterocycles. The number of hydrogen-bond acceptors (Lipinski definition) is 4. The van der Waals surface area contributed by atoms with E-state index in [-0.39, 0.29) is 17.2 Å². The van der Waals surface area contributed by atoms with Gasteiger partial charge in [-0.25, -0.2) is 0 Å². The van der Waals surface area contributed by atoms with Gasteiger partial charge in [0.1, 0.15) is 0 Å². The van der Waals surface area contributed by atoms with Crippen molar-refractivity contribution in [1.29, 1.82) is 0 Å². The summed E-state index contributed by atoms with van der Waals surface area (Å²) in [6.45, 7) is 9.67. The summed E-state index contributed by atoms with van der Waals surface area (Å²) in [7, 11) is 0. The average molecular weight is 296 g/mol. The second-order valence-electron chi connectivity index (χ2n) is 7.77. The fourth-order valence-corrected chi connectivity index (χ4v) is 4.55. The van der Waals surface area contributed by atoms with Crippen LogP contribution in [0.1, 0.15) is 52.4 Å². The maximum Gasteiger partial charge on any atom is 0.0729 e. The van der Waals surface area contributed by atoms with Gasteiger partial charge in [-0.05, 0) is 71.4 Å². The van der Waals surface area contributed by atoms with Crippen LogP contribution >= 0.6 is 0 Å². The Balaban J connectivity index is 1.67. The SMILES string of the molecule is CC(C)(C(N)C1CCOC2(CCOCC2)C1)N1CCCC1. The summed E-state index contributed by atoms with van der Waals surface area (Å²) in [5.74, 6) is 0.576. The Kier molecular flexibility index (Phi) is 4.60. The molecule has 122 valence electrons. The van der Waals surface area contributed by atoms with Crippen LogP contribution in [0.4, 0.5) is 0 Å². The summed E-state index contributed by atoms with van der Waals surface area (Å²) in [6, 6.07) is 0.235. The van der Waals surface area contributed by atoms with Gasteiger partial charge in [-0.3, -0.25) is 4.90 Å². The van der Waals surface area contributed by atoms with Crippen LogP contribution in [0.2, 0.25) is 0 Å². The predicted octanol–water partition coefficient (Wildman–Crippen LogP) is 2.16. The van der Waals surface area contributed by atoms with Crippen molar-refractivity contribution in [3.8, 4) is 0 Å². The summed E-state index contributed by atoms with van der Waals surface area (Å²) in [5.41, 5.74) is 6.93. The van der Waals surface area contributed by atoms with E-state index < -0.39 is 0 Å². The van der Waals surface area contributed by atoms with Gasteiger partial charge in [0.25, 0.3) is 0 Å². The summed E-state index contributed by atoms with van der Waals surface area (Å²) in [4.78, 5) is 2.60. The topological polar surface area (TPSA) is 47.7 Å². The molecular formula is C17H32N2O2. The first-order valence-corrected chi connectivity index (χ1v) is 8.76. The molecule has 3 aliphatic rings. The molecule has 0 radical (unpaired) electrons. The molecule has 0 aromatic heterocycles. The minimum Gasteiger partial charge on any atom is -0.381 e. The van der Waals surface area contributed by atoms with E-state index in [0.29, 0.717) is 5.92 Å². The third-order valence-corrected chi connectivity index (χ3v) is 6.18. The Morgan fingerprint density at radius 2 is 1.81 bits per heavy atom. The van der Waals surface area contributed by atoms with Gasteiger partial charge in [-0.2, -0.15) is 0 Å². The number of nitrogens with two attached hydrogens (primary N) is 1. The molecule has 2 N–H and O–H groups in total. The number of ether oxygens (including phenoxy) is 2. The molecule has 1 spiro atoms. The Morgan fingerprint density at radius 3 is 2.48 bits per heavy atom. The van der Waals surface area contributed by atoms with Crippen LogP contribution in [0.25, 0.3) is 0 Å². The first-order valence-electron chi connectivity index (χ1n) is 8.76. The van der Waals surface area contributed by atoms with E-state index in [1.807, 2.05) is 0 Å². The van der Waals surface area contributed by atoms with Crippen molar-refractivity contribution in [3.05, 3.63) is 0 Å². The highest BCUT2D eigenvalue weighted by Gasteiger charge is 2.45. The van der Waals surface area contributed by atoms with Gasteiger partial charge in [0.2, 0.25) is 0 Å². The molecule has 3 saturated heterocycles. The monoisotopic (exact) mass is 296 g/mol. The van der Waals surface area contributed by atoms with Gasteiger partial charge >= 0.3 is 0 Å². The lowest BCUT2D eigenvalue weighted by atomic mass is 9.73. The Morgan fingerprint density at radius 1 is 1.14 bits per heavy atom. The molecule has 2 unspecified atom stereocenters. The normalized spacial score (nSPS) is 32.4. The first kappa shape index (κ1) is 15.7. The van der Waals surface area contributed by atoms with E-state index in [0.717, 1.165) is 45.5 Å². The summed E-state index contributed by atoms with van der Waals surface area (Å²) in [6.07, 6.45) is 6.97. The number of hydrogen-bond donors (Lipinski definition) is 1. The van der Waals surface area contributed by atoms with Crippen LogP contribution in [0, 0.1) is 5.92 Å². The Labute approximate surface area is 129 Å². The van der Waals surface area contributed by atoms with E-state index in [1.165, 1.54) is 25.9 Å². The summed E-state index contributed by atoms with van der Waals surface area (Å²) < 4.78 is 11.7. The van der Waals surface area contributed by atoms with Crippen molar-refractivity contribution in [2.24, 2.45) is 11.7 Å². The van der Waals surface area contributed by atoms with Crippen molar-refractivity contribution in [2.75, 3.05) is 32.9 Å². The molecular weight excluding hydrogens is 264 g/mol. The molecule has 21 heavy (non-hydrogen) atoms. The molecule has 2 atom stereocenters. The number of likely N-dealkylation sites (tertiary alicyclic amines) is 1.